The van der Waals surface area contributed by atoms with E-state index in [-0.39, 0.29) is 28.1 Å². The smallest absolute Gasteiger partial charge is 0.274 e. The maximum atomic E-state index is 14.7. The molecule has 0 spiro atoms. The largest absolute Gasteiger partial charge is 0.379 e. The fourth-order valence-electron chi connectivity index (χ4n) is 3.64. The van der Waals surface area contributed by atoms with Gasteiger partial charge >= 0.3 is 0 Å². The monoisotopic (exact) mass is 422 g/mol. The average molecular weight is 423 g/mol. The highest BCUT2D eigenvalue weighted by molar-refractivity contribution is 8.14. The van der Waals surface area contributed by atoms with Gasteiger partial charge in [-0.15, -0.1) is 0 Å². The van der Waals surface area contributed by atoms with Crippen molar-refractivity contribution in [2.45, 2.75) is 31.1 Å². The molecule has 5 nitrogen and oxygen atoms in total. The molecule has 0 unspecified atom stereocenters. The third-order valence-corrected chi connectivity index (χ3v) is 6.52. The van der Waals surface area contributed by atoms with Crippen molar-refractivity contribution in [1.29, 1.82) is 0 Å². The van der Waals surface area contributed by atoms with Crippen LogP contribution in [0.15, 0.2) is 29.4 Å². The number of aryl methyl sites for hydroxylation is 1. The normalized spacial score (nSPS) is 25.7. The predicted octanol–water partition coefficient (Wildman–Crippen LogP) is 4.24. The number of rotatable bonds is 3. The Hall–Kier alpha value is -2.19. The Morgan fingerprint density at radius 2 is 2.14 bits per heavy atom. The number of fused-ring (bicyclic) bond motifs is 1. The molecule has 3 N–H and O–H groups in total. The van der Waals surface area contributed by atoms with Crippen molar-refractivity contribution in [3.63, 3.8) is 0 Å². The fraction of sp³-hybridized carbons (Fsp3) is 0.316. The van der Waals surface area contributed by atoms with Gasteiger partial charge in [0, 0.05) is 34.7 Å². The first-order chi connectivity index (χ1) is 13.2. The van der Waals surface area contributed by atoms with Crippen molar-refractivity contribution in [2.24, 2.45) is 16.6 Å². The fourth-order valence-corrected chi connectivity index (χ4v) is 5.14. The minimum Gasteiger partial charge on any atom is -0.379 e. The molecule has 2 heterocycles. The standard InChI is InChI=1S/C19H17ClF2N4OS/c1-8-3-9(20)7-24-16(8)17(27)25-10-4-12(15(22)13(21)5-10)19(2)11-6-14(11)28-18(23)26-19/h3-5,7,11,14H,6H2,1-2H3,(H2,23,26)(H,25,27)/t11-,14+,19+/m1/s1. The molecule has 0 saturated heterocycles. The van der Waals surface area contributed by atoms with Gasteiger partial charge in [0.05, 0.1) is 10.6 Å². The van der Waals surface area contributed by atoms with Crippen LogP contribution in [0.25, 0.3) is 0 Å². The van der Waals surface area contributed by atoms with E-state index in [1.807, 2.05) is 0 Å². The molecule has 28 heavy (non-hydrogen) atoms. The van der Waals surface area contributed by atoms with Crippen LogP contribution in [0.2, 0.25) is 5.02 Å². The molecule has 4 rings (SSSR count). The molecule has 0 radical (unpaired) electrons. The number of halogens is 3. The number of aromatic nitrogens is 1. The van der Waals surface area contributed by atoms with Crippen LogP contribution in [-0.2, 0) is 5.54 Å². The predicted molar refractivity (Wildman–Crippen MR) is 107 cm³/mol. The summed E-state index contributed by atoms with van der Waals surface area (Å²) < 4.78 is 29.0. The zero-order chi connectivity index (χ0) is 20.2. The van der Waals surface area contributed by atoms with E-state index in [1.54, 1.807) is 19.9 Å². The lowest BCUT2D eigenvalue weighted by molar-refractivity contribution is 0.102. The number of anilines is 1. The summed E-state index contributed by atoms with van der Waals surface area (Å²) in [6, 6.07) is 3.97. The molecule has 3 atom stereocenters. The van der Waals surface area contributed by atoms with E-state index >= 15 is 0 Å². The Morgan fingerprint density at radius 1 is 1.39 bits per heavy atom. The number of nitrogens with one attached hydrogen (secondary N) is 1. The molecular weight excluding hydrogens is 406 g/mol. The highest BCUT2D eigenvalue weighted by Crippen LogP contribution is 2.57. The number of nitrogens with two attached hydrogens (primary N) is 1. The highest BCUT2D eigenvalue weighted by Gasteiger charge is 2.56. The Morgan fingerprint density at radius 3 is 2.86 bits per heavy atom. The van der Waals surface area contributed by atoms with Crippen LogP contribution in [0.1, 0.15) is 35.0 Å². The van der Waals surface area contributed by atoms with E-state index in [0.29, 0.717) is 15.8 Å². The number of amides is 1. The summed E-state index contributed by atoms with van der Waals surface area (Å²) in [7, 11) is 0. The Labute approximate surface area is 169 Å². The average Bonchev–Trinajstić information content (AvgIpc) is 3.37. The van der Waals surface area contributed by atoms with Gasteiger partial charge in [0.15, 0.2) is 16.8 Å². The number of aliphatic imine (C=N–C) groups is 1. The molecule has 1 aromatic heterocycles. The summed E-state index contributed by atoms with van der Waals surface area (Å²) in [6.07, 6.45) is 2.18. The number of nitrogens with zero attached hydrogens (tertiary/aromatic N) is 2. The Kier molecular flexibility index (Phi) is 4.58. The van der Waals surface area contributed by atoms with Gasteiger partial charge in [-0.1, -0.05) is 23.4 Å². The number of carbonyl (C=O) groups is 1. The summed E-state index contributed by atoms with van der Waals surface area (Å²) in [4.78, 5) is 21.0. The van der Waals surface area contributed by atoms with E-state index in [2.05, 4.69) is 15.3 Å². The minimum absolute atomic E-state index is 0.0739. The van der Waals surface area contributed by atoms with E-state index < -0.39 is 23.1 Å². The van der Waals surface area contributed by atoms with Crippen LogP contribution in [0.4, 0.5) is 14.5 Å². The maximum absolute atomic E-state index is 14.7. The van der Waals surface area contributed by atoms with Gasteiger partial charge in [0.2, 0.25) is 0 Å². The molecule has 1 amide bonds. The van der Waals surface area contributed by atoms with Crippen molar-refractivity contribution >= 4 is 40.1 Å². The third-order valence-electron chi connectivity index (χ3n) is 5.16. The number of thioether (sulfide) groups is 1. The molecule has 1 saturated carbocycles. The van der Waals surface area contributed by atoms with Crippen LogP contribution in [0, 0.1) is 24.5 Å². The molecule has 2 aromatic rings. The molecule has 1 fully saturated rings. The second-order valence-electron chi connectivity index (χ2n) is 7.19. The first-order valence-corrected chi connectivity index (χ1v) is 9.90. The van der Waals surface area contributed by atoms with Crippen molar-refractivity contribution in [2.75, 3.05) is 5.32 Å². The van der Waals surface area contributed by atoms with Crippen LogP contribution in [0.3, 0.4) is 0 Å². The molecular formula is C19H17ClF2N4OS. The molecule has 2 aliphatic rings. The summed E-state index contributed by atoms with van der Waals surface area (Å²) in [5.41, 5.74) is 5.85. The van der Waals surface area contributed by atoms with Crippen molar-refractivity contribution < 1.29 is 13.6 Å². The molecule has 1 aliphatic carbocycles. The lowest BCUT2D eigenvalue weighted by Gasteiger charge is -2.30. The van der Waals surface area contributed by atoms with Crippen molar-refractivity contribution in [3.8, 4) is 0 Å². The summed E-state index contributed by atoms with van der Waals surface area (Å²) in [6.45, 7) is 3.44. The minimum atomic E-state index is -1.06. The summed E-state index contributed by atoms with van der Waals surface area (Å²) in [5.74, 6) is -2.50. The van der Waals surface area contributed by atoms with E-state index in [1.165, 1.54) is 24.0 Å². The topological polar surface area (TPSA) is 80.4 Å². The number of carbonyl (C=O) groups excluding carboxylic acids is 1. The first-order valence-electron chi connectivity index (χ1n) is 8.64. The van der Waals surface area contributed by atoms with Crippen molar-refractivity contribution in [1.82, 2.24) is 4.98 Å². The Balaban J connectivity index is 1.70. The number of hydrogen-bond acceptors (Lipinski definition) is 5. The Bertz CT molecular complexity index is 1030. The number of amidine groups is 1. The second-order valence-corrected chi connectivity index (χ2v) is 8.88. The third kappa shape index (κ3) is 3.24. The maximum Gasteiger partial charge on any atom is 0.274 e. The SMILES string of the molecule is Cc1cc(Cl)cnc1C(=O)Nc1cc(F)c(F)c([C@@]2(C)N=C(N)S[C@H]3C[C@H]32)c1. The molecule has 1 aromatic carbocycles. The summed E-state index contributed by atoms with van der Waals surface area (Å²) in [5, 5.41) is 3.60. The van der Waals surface area contributed by atoms with Crippen LogP contribution in [-0.4, -0.2) is 21.3 Å². The molecule has 0 bridgehead atoms. The van der Waals surface area contributed by atoms with Gasteiger partial charge in [-0.2, -0.15) is 0 Å². The van der Waals surface area contributed by atoms with Gasteiger partial charge in [-0.3, -0.25) is 9.79 Å². The van der Waals surface area contributed by atoms with Gasteiger partial charge in [0.25, 0.3) is 5.91 Å². The quantitative estimate of drug-likeness (QED) is 0.775. The summed E-state index contributed by atoms with van der Waals surface area (Å²) >= 11 is 7.32. The van der Waals surface area contributed by atoms with Gasteiger partial charge < -0.3 is 11.1 Å². The molecule has 146 valence electrons. The van der Waals surface area contributed by atoms with Gasteiger partial charge in [-0.05, 0) is 38.0 Å². The van der Waals surface area contributed by atoms with E-state index in [0.717, 1.165) is 12.5 Å². The van der Waals surface area contributed by atoms with Crippen LogP contribution >= 0.6 is 23.4 Å². The lowest BCUT2D eigenvalue weighted by atomic mass is 9.86. The first kappa shape index (κ1) is 19.1. The zero-order valence-electron chi connectivity index (χ0n) is 15.1. The highest BCUT2D eigenvalue weighted by atomic mass is 35.5. The van der Waals surface area contributed by atoms with Crippen molar-refractivity contribution in [3.05, 3.63) is 57.9 Å². The van der Waals surface area contributed by atoms with E-state index in [9.17, 15) is 13.6 Å². The number of hydrogen-bond donors (Lipinski definition) is 2. The van der Waals surface area contributed by atoms with Gasteiger partial charge in [-0.25, -0.2) is 13.8 Å². The van der Waals surface area contributed by atoms with Crippen LogP contribution < -0.4 is 11.1 Å². The number of benzene rings is 1. The molecule has 9 heteroatoms. The second kappa shape index (κ2) is 6.70. The molecule has 1 aliphatic heterocycles. The van der Waals surface area contributed by atoms with E-state index in [4.69, 9.17) is 17.3 Å². The van der Waals surface area contributed by atoms with Gasteiger partial charge in [0.1, 0.15) is 5.69 Å². The number of pyridine rings is 1. The lowest BCUT2D eigenvalue weighted by Crippen LogP contribution is -2.32. The van der Waals surface area contributed by atoms with Crippen LogP contribution in [0.5, 0.6) is 0 Å². The zero-order valence-corrected chi connectivity index (χ0v) is 16.7.